The van der Waals surface area contributed by atoms with E-state index in [0.717, 1.165) is 25.2 Å². The second kappa shape index (κ2) is 11.1. The molecule has 0 saturated carbocycles. The molecule has 5 rings (SSSR count). The highest BCUT2D eigenvalue weighted by atomic mass is 35.5. The van der Waals surface area contributed by atoms with E-state index in [1.54, 1.807) is 24.3 Å². The van der Waals surface area contributed by atoms with E-state index in [4.69, 9.17) is 39.8 Å². The lowest BCUT2D eigenvalue weighted by molar-refractivity contribution is 0.206. The Morgan fingerprint density at radius 3 is 2.73 bits per heavy atom. The van der Waals surface area contributed by atoms with E-state index in [-0.39, 0.29) is 10.6 Å². The highest BCUT2D eigenvalue weighted by Crippen LogP contribution is 2.32. The van der Waals surface area contributed by atoms with Gasteiger partial charge in [-0.15, -0.1) is 0 Å². The van der Waals surface area contributed by atoms with Gasteiger partial charge in [-0.25, -0.2) is 9.37 Å². The van der Waals surface area contributed by atoms with E-state index in [2.05, 4.69) is 17.3 Å². The average Bonchev–Trinajstić information content (AvgIpc) is 2.87. The van der Waals surface area contributed by atoms with Crippen molar-refractivity contribution >= 4 is 45.7 Å². The first-order valence-electron chi connectivity index (χ1n) is 12.2. The standard InChI is InChI=1S/C28H26Cl3FN4O/c1-35-11-3-4-17(16-35)14-33-15-18-5-2-6-22(26(18)31)27-34-25-12-19(29)7-9-21(25)28(37)36(27)20-8-10-23(30)24(32)13-20/h2,5-10,12-13,17,33H,3-4,11,14-16H2,1H3. The highest BCUT2D eigenvalue weighted by Gasteiger charge is 2.20. The van der Waals surface area contributed by atoms with Crippen LogP contribution in [0.5, 0.6) is 0 Å². The molecule has 2 heterocycles. The van der Waals surface area contributed by atoms with Crippen LogP contribution in [0.3, 0.4) is 0 Å². The molecule has 5 nitrogen and oxygen atoms in total. The zero-order valence-corrected chi connectivity index (χ0v) is 22.5. The number of hydrogen-bond donors (Lipinski definition) is 1. The Bertz CT molecular complexity index is 1520. The van der Waals surface area contributed by atoms with Gasteiger partial charge in [0.25, 0.3) is 5.56 Å². The largest absolute Gasteiger partial charge is 0.312 e. The van der Waals surface area contributed by atoms with E-state index in [0.29, 0.717) is 50.5 Å². The molecule has 4 aromatic rings. The Morgan fingerprint density at radius 2 is 1.95 bits per heavy atom. The van der Waals surface area contributed by atoms with Crippen molar-refractivity contribution in [2.24, 2.45) is 5.92 Å². The van der Waals surface area contributed by atoms with Crippen molar-refractivity contribution in [3.05, 3.63) is 91.4 Å². The number of likely N-dealkylation sites (tertiary alicyclic amines) is 1. The van der Waals surface area contributed by atoms with Crippen LogP contribution in [0.1, 0.15) is 18.4 Å². The van der Waals surface area contributed by atoms with Crippen LogP contribution in [-0.2, 0) is 6.54 Å². The summed E-state index contributed by atoms with van der Waals surface area (Å²) in [6, 6.07) is 14.7. The number of hydrogen-bond acceptors (Lipinski definition) is 4. The van der Waals surface area contributed by atoms with Crippen molar-refractivity contribution in [3.8, 4) is 17.1 Å². The molecule has 1 N–H and O–H groups in total. The highest BCUT2D eigenvalue weighted by molar-refractivity contribution is 6.34. The predicted octanol–water partition coefficient (Wildman–Crippen LogP) is 6.58. The average molecular weight is 560 g/mol. The summed E-state index contributed by atoms with van der Waals surface area (Å²) >= 11 is 19.0. The van der Waals surface area contributed by atoms with Crippen LogP contribution in [0.15, 0.2) is 59.4 Å². The van der Waals surface area contributed by atoms with Crippen molar-refractivity contribution in [2.75, 3.05) is 26.7 Å². The molecule has 3 aromatic carbocycles. The van der Waals surface area contributed by atoms with Gasteiger partial charge >= 0.3 is 0 Å². The van der Waals surface area contributed by atoms with Gasteiger partial charge in [-0.05, 0) is 86.9 Å². The maximum absolute atomic E-state index is 14.4. The van der Waals surface area contributed by atoms with Crippen LogP contribution in [-0.4, -0.2) is 41.1 Å². The summed E-state index contributed by atoms with van der Waals surface area (Å²) in [4.78, 5) is 20.8. The van der Waals surface area contributed by atoms with Crippen LogP contribution in [0.25, 0.3) is 28.0 Å². The van der Waals surface area contributed by atoms with Crippen LogP contribution in [0.4, 0.5) is 4.39 Å². The van der Waals surface area contributed by atoms with Crippen LogP contribution in [0, 0.1) is 11.7 Å². The molecule has 1 aliphatic heterocycles. The molecule has 0 amide bonds. The maximum Gasteiger partial charge on any atom is 0.266 e. The molecule has 0 aliphatic carbocycles. The molecule has 0 radical (unpaired) electrons. The second-order valence-electron chi connectivity index (χ2n) is 9.52. The first-order chi connectivity index (χ1) is 17.8. The van der Waals surface area contributed by atoms with Gasteiger partial charge in [-0.3, -0.25) is 9.36 Å². The van der Waals surface area contributed by atoms with E-state index in [1.165, 1.54) is 29.5 Å². The van der Waals surface area contributed by atoms with Gasteiger partial charge in [-0.1, -0.05) is 46.9 Å². The lowest BCUT2D eigenvalue weighted by atomic mass is 9.98. The first-order valence-corrected chi connectivity index (χ1v) is 13.3. The number of fused-ring (bicyclic) bond motifs is 1. The minimum Gasteiger partial charge on any atom is -0.312 e. The minimum atomic E-state index is -0.634. The molecule has 9 heteroatoms. The van der Waals surface area contributed by atoms with E-state index in [1.807, 2.05) is 18.2 Å². The Kier molecular flexibility index (Phi) is 7.84. The van der Waals surface area contributed by atoms with Gasteiger partial charge < -0.3 is 10.2 Å². The molecule has 1 unspecified atom stereocenters. The zero-order valence-electron chi connectivity index (χ0n) is 20.3. The quantitative estimate of drug-likeness (QED) is 0.290. The first kappa shape index (κ1) is 26.1. The molecule has 37 heavy (non-hydrogen) atoms. The molecule has 1 saturated heterocycles. The summed E-state index contributed by atoms with van der Waals surface area (Å²) < 4.78 is 15.8. The summed E-state index contributed by atoms with van der Waals surface area (Å²) in [7, 11) is 2.16. The molecule has 0 spiro atoms. The molecule has 1 aliphatic rings. The zero-order chi connectivity index (χ0) is 26.1. The number of nitrogens with one attached hydrogen (secondary N) is 1. The molecule has 192 valence electrons. The number of benzene rings is 3. The van der Waals surface area contributed by atoms with Crippen molar-refractivity contribution in [2.45, 2.75) is 19.4 Å². The van der Waals surface area contributed by atoms with Crippen molar-refractivity contribution in [3.63, 3.8) is 0 Å². The van der Waals surface area contributed by atoms with Crippen molar-refractivity contribution in [1.82, 2.24) is 19.8 Å². The van der Waals surface area contributed by atoms with Crippen molar-refractivity contribution < 1.29 is 4.39 Å². The summed E-state index contributed by atoms with van der Waals surface area (Å²) in [5.41, 5.74) is 1.82. The lowest BCUT2D eigenvalue weighted by Gasteiger charge is -2.29. The normalized spacial score (nSPS) is 16.4. The number of piperidine rings is 1. The third-order valence-corrected chi connectivity index (χ3v) is 7.77. The van der Waals surface area contributed by atoms with Gasteiger partial charge in [0.1, 0.15) is 11.6 Å². The molecule has 1 atom stereocenters. The van der Waals surface area contributed by atoms with Gasteiger partial charge in [0, 0.05) is 23.7 Å². The van der Waals surface area contributed by atoms with Gasteiger partial charge in [0.15, 0.2) is 0 Å². The van der Waals surface area contributed by atoms with Gasteiger partial charge in [0.05, 0.1) is 26.6 Å². The summed E-state index contributed by atoms with van der Waals surface area (Å²) in [5, 5.41) is 4.80. The number of aromatic nitrogens is 2. The Balaban J connectivity index is 1.57. The Hall–Kier alpha value is -2.48. The smallest absolute Gasteiger partial charge is 0.266 e. The fourth-order valence-corrected chi connectivity index (χ4v) is 5.50. The molecule has 1 aromatic heterocycles. The van der Waals surface area contributed by atoms with Gasteiger partial charge in [0.2, 0.25) is 0 Å². The minimum absolute atomic E-state index is 0.0332. The fraction of sp³-hybridized carbons (Fsp3) is 0.286. The summed E-state index contributed by atoms with van der Waals surface area (Å²) in [6.07, 6.45) is 2.41. The van der Waals surface area contributed by atoms with Crippen LogP contribution in [0.2, 0.25) is 15.1 Å². The number of halogens is 4. The van der Waals surface area contributed by atoms with Crippen LogP contribution >= 0.6 is 34.8 Å². The van der Waals surface area contributed by atoms with E-state index >= 15 is 0 Å². The fourth-order valence-electron chi connectivity index (χ4n) is 4.94. The molecular weight excluding hydrogens is 534 g/mol. The molecular formula is C28H26Cl3FN4O. The maximum atomic E-state index is 14.4. The SMILES string of the molecule is CN1CCCC(CNCc2cccc(-c3nc4cc(Cl)ccc4c(=O)n3-c3ccc(Cl)c(F)c3)c2Cl)C1. The topological polar surface area (TPSA) is 50.2 Å². The lowest BCUT2D eigenvalue weighted by Crippen LogP contribution is -2.37. The number of rotatable bonds is 6. The monoisotopic (exact) mass is 558 g/mol. The van der Waals surface area contributed by atoms with E-state index < -0.39 is 5.82 Å². The number of nitrogens with zero attached hydrogens (tertiary/aromatic N) is 3. The predicted molar refractivity (Wildman–Crippen MR) is 150 cm³/mol. The summed E-state index contributed by atoms with van der Waals surface area (Å²) in [5.74, 6) is 0.255. The Labute approximate surface area is 229 Å². The second-order valence-corrected chi connectivity index (χ2v) is 10.7. The molecule has 1 fully saturated rings. The van der Waals surface area contributed by atoms with Crippen molar-refractivity contribution in [1.29, 1.82) is 0 Å². The van der Waals surface area contributed by atoms with Crippen LogP contribution < -0.4 is 10.9 Å². The molecule has 0 bridgehead atoms. The Morgan fingerprint density at radius 1 is 1.11 bits per heavy atom. The van der Waals surface area contributed by atoms with E-state index in [9.17, 15) is 9.18 Å². The summed E-state index contributed by atoms with van der Waals surface area (Å²) in [6.45, 7) is 3.69. The third kappa shape index (κ3) is 5.54. The third-order valence-electron chi connectivity index (χ3n) is 6.78. The van der Waals surface area contributed by atoms with Gasteiger partial charge in [-0.2, -0.15) is 0 Å².